The van der Waals surface area contributed by atoms with Crippen molar-refractivity contribution in [2.45, 2.75) is 20.6 Å². The summed E-state index contributed by atoms with van der Waals surface area (Å²) in [6.45, 7) is 3.90. The molecule has 7 nitrogen and oxygen atoms in total. The highest BCUT2D eigenvalue weighted by molar-refractivity contribution is 6.30. The van der Waals surface area contributed by atoms with Gasteiger partial charge in [-0.05, 0) is 44.2 Å². The van der Waals surface area contributed by atoms with Gasteiger partial charge in [-0.3, -0.25) is 4.79 Å². The van der Waals surface area contributed by atoms with Crippen LogP contribution in [-0.4, -0.2) is 25.5 Å². The molecule has 4 aromatic rings. The number of anilines is 1. The van der Waals surface area contributed by atoms with E-state index in [0.29, 0.717) is 27.7 Å². The molecule has 152 valence electrons. The number of amides is 1. The van der Waals surface area contributed by atoms with E-state index >= 15 is 0 Å². The first kappa shape index (κ1) is 19.7. The number of aromatic nitrogens is 4. The van der Waals surface area contributed by atoms with Gasteiger partial charge in [-0.2, -0.15) is 10.2 Å². The standard InChI is InChI=1S/C22H20ClN5O2/c1-15-21(16(2)28(26-15)19-8-4-3-5-9-19)22(29)25-18-12-24-27(13-18)14-30-20-10-6-7-17(23)11-20/h3-13H,14H2,1-2H3,(H,25,29). The molecule has 1 amide bonds. The van der Waals surface area contributed by atoms with E-state index in [2.05, 4.69) is 15.5 Å². The van der Waals surface area contributed by atoms with Gasteiger partial charge < -0.3 is 10.1 Å². The number of hydrogen-bond acceptors (Lipinski definition) is 4. The molecule has 2 aromatic heterocycles. The number of para-hydroxylation sites is 1. The lowest BCUT2D eigenvalue weighted by Crippen LogP contribution is -2.14. The highest BCUT2D eigenvalue weighted by atomic mass is 35.5. The highest BCUT2D eigenvalue weighted by Gasteiger charge is 2.20. The zero-order chi connectivity index (χ0) is 21.1. The number of ether oxygens (including phenoxy) is 1. The summed E-state index contributed by atoms with van der Waals surface area (Å²) in [5.74, 6) is 0.408. The third kappa shape index (κ3) is 4.21. The number of nitrogens with one attached hydrogen (secondary N) is 1. The molecule has 0 aliphatic heterocycles. The number of carbonyl (C=O) groups excluding carboxylic acids is 1. The highest BCUT2D eigenvalue weighted by Crippen LogP contribution is 2.20. The third-order valence-corrected chi connectivity index (χ3v) is 4.80. The number of halogens is 1. The van der Waals surface area contributed by atoms with E-state index < -0.39 is 0 Å². The van der Waals surface area contributed by atoms with Gasteiger partial charge in [-0.25, -0.2) is 9.36 Å². The first-order chi connectivity index (χ1) is 14.5. The third-order valence-electron chi connectivity index (χ3n) is 4.57. The number of benzene rings is 2. The van der Waals surface area contributed by atoms with Crippen LogP contribution in [0.1, 0.15) is 21.7 Å². The molecular formula is C22H20ClN5O2. The Balaban J connectivity index is 1.45. The second-order valence-corrected chi connectivity index (χ2v) is 7.18. The van der Waals surface area contributed by atoms with Gasteiger partial charge >= 0.3 is 0 Å². The summed E-state index contributed by atoms with van der Waals surface area (Å²) in [5.41, 5.74) is 3.45. The molecule has 0 atom stereocenters. The molecule has 0 aliphatic rings. The van der Waals surface area contributed by atoms with E-state index in [9.17, 15) is 4.79 Å². The van der Waals surface area contributed by atoms with Crippen LogP contribution in [0.4, 0.5) is 5.69 Å². The molecule has 0 aliphatic carbocycles. The van der Waals surface area contributed by atoms with Gasteiger partial charge in [0.15, 0.2) is 6.73 Å². The van der Waals surface area contributed by atoms with Crippen molar-refractivity contribution in [3.8, 4) is 11.4 Å². The summed E-state index contributed by atoms with van der Waals surface area (Å²) in [4.78, 5) is 12.9. The van der Waals surface area contributed by atoms with Crippen LogP contribution in [-0.2, 0) is 6.73 Å². The maximum atomic E-state index is 12.9. The molecule has 0 radical (unpaired) electrons. The van der Waals surface area contributed by atoms with E-state index in [1.807, 2.05) is 56.3 Å². The zero-order valence-corrected chi connectivity index (χ0v) is 17.3. The fourth-order valence-electron chi connectivity index (χ4n) is 3.18. The van der Waals surface area contributed by atoms with Crippen LogP contribution in [0.25, 0.3) is 5.69 Å². The van der Waals surface area contributed by atoms with Crippen molar-refractivity contribution in [2.24, 2.45) is 0 Å². The quantitative estimate of drug-likeness (QED) is 0.492. The van der Waals surface area contributed by atoms with Crippen LogP contribution >= 0.6 is 11.6 Å². The van der Waals surface area contributed by atoms with Gasteiger partial charge in [-0.1, -0.05) is 35.9 Å². The Kier molecular flexibility index (Phi) is 5.54. The van der Waals surface area contributed by atoms with E-state index in [0.717, 1.165) is 11.4 Å². The summed E-state index contributed by atoms with van der Waals surface area (Å²) in [7, 11) is 0. The predicted octanol–water partition coefficient (Wildman–Crippen LogP) is 4.63. The predicted molar refractivity (Wildman–Crippen MR) is 115 cm³/mol. The molecule has 2 heterocycles. The summed E-state index contributed by atoms with van der Waals surface area (Å²) in [6, 6.07) is 16.8. The number of hydrogen-bond donors (Lipinski definition) is 1. The minimum Gasteiger partial charge on any atom is -0.471 e. The van der Waals surface area contributed by atoms with Crippen LogP contribution in [0.2, 0.25) is 5.02 Å². The normalized spacial score (nSPS) is 10.8. The van der Waals surface area contributed by atoms with Crippen molar-refractivity contribution in [3.63, 3.8) is 0 Å². The maximum Gasteiger partial charge on any atom is 0.259 e. The zero-order valence-electron chi connectivity index (χ0n) is 16.5. The first-order valence-electron chi connectivity index (χ1n) is 9.35. The van der Waals surface area contributed by atoms with Crippen LogP contribution in [0.15, 0.2) is 67.0 Å². The number of nitrogens with zero attached hydrogens (tertiary/aromatic N) is 4. The monoisotopic (exact) mass is 421 g/mol. The molecule has 0 spiro atoms. The molecule has 0 fully saturated rings. The van der Waals surface area contributed by atoms with Crippen molar-refractivity contribution >= 4 is 23.2 Å². The minimum absolute atomic E-state index is 0.195. The summed E-state index contributed by atoms with van der Waals surface area (Å²) in [5, 5.41) is 12.2. The van der Waals surface area contributed by atoms with E-state index in [4.69, 9.17) is 16.3 Å². The molecule has 8 heteroatoms. The van der Waals surface area contributed by atoms with E-state index in [-0.39, 0.29) is 12.6 Å². The van der Waals surface area contributed by atoms with Gasteiger partial charge in [0, 0.05) is 5.02 Å². The van der Waals surface area contributed by atoms with Crippen LogP contribution in [0, 0.1) is 13.8 Å². The summed E-state index contributed by atoms with van der Waals surface area (Å²) >= 11 is 5.96. The Labute approximate surface area is 178 Å². The second kappa shape index (κ2) is 8.42. The van der Waals surface area contributed by atoms with Crippen LogP contribution in [0.5, 0.6) is 5.75 Å². The average Bonchev–Trinajstić information content (AvgIpc) is 3.30. The van der Waals surface area contributed by atoms with Crippen LogP contribution < -0.4 is 10.1 Å². The molecule has 0 bridgehead atoms. The van der Waals surface area contributed by atoms with Crippen molar-refractivity contribution in [1.29, 1.82) is 0 Å². The summed E-state index contributed by atoms with van der Waals surface area (Å²) < 4.78 is 9.01. The molecule has 0 unspecified atom stereocenters. The molecule has 30 heavy (non-hydrogen) atoms. The number of carbonyl (C=O) groups is 1. The minimum atomic E-state index is -0.234. The van der Waals surface area contributed by atoms with Gasteiger partial charge in [0.1, 0.15) is 5.75 Å². The average molecular weight is 422 g/mol. The first-order valence-corrected chi connectivity index (χ1v) is 9.73. The van der Waals surface area contributed by atoms with Gasteiger partial charge in [-0.15, -0.1) is 0 Å². The topological polar surface area (TPSA) is 74.0 Å². The second-order valence-electron chi connectivity index (χ2n) is 6.75. The Hall–Kier alpha value is -3.58. The van der Waals surface area contributed by atoms with Crippen molar-refractivity contribution in [2.75, 3.05) is 5.32 Å². The van der Waals surface area contributed by atoms with Crippen molar-refractivity contribution in [3.05, 3.63) is 89.0 Å². The molecule has 1 N–H and O–H groups in total. The Morgan fingerprint density at radius 3 is 2.70 bits per heavy atom. The van der Waals surface area contributed by atoms with E-state index in [1.165, 1.54) is 0 Å². The Morgan fingerprint density at radius 2 is 1.93 bits per heavy atom. The lowest BCUT2D eigenvalue weighted by atomic mass is 10.2. The Bertz CT molecular complexity index is 1180. The lowest BCUT2D eigenvalue weighted by molar-refractivity contribution is 0.102. The molecule has 4 rings (SSSR count). The number of aryl methyl sites for hydroxylation is 1. The SMILES string of the molecule is Cc1nn(-c2ccccc2)c(C)c1C(=O)Nc1cnn(COc2cccc(Cl)c2)c1. The lowest BCUT2D eigenvalue weighted by Gasteiger charge is -2.06. The molecule has 0 saturated heterocycles. The fourth-order valence-corrected chi connectivity index (χ4v) is 3.36. The fraction of sp³-hybridized carbons (Fsp3) is 0.136. The smallest absolute Gasteiger partial charge is 0.259 e. The van der Waals surface area contributed by atoms with Crippen LogP contribution in [0.3, 0.4) is 0 Å². The maximum absolute atomic E-state index is 12.9. The molecular weight excluding hydrogens is 402 g/mol. The number of rotatable bonds is 6. The molecule has 2 aromatic carbocycles. The van der Waals surface area contributed by atoms with E-state index in [1.54, 1.807) is 33.9 Å². The van der Waals surface area contributed by atoms with Gasteiger partial charge in [0.25, 0.3) is 5.91 Å². The molecule has 0 saturated carbocycles. The largest absolute Gasteiger partial charge is 0.471 e. The Morgan fingerprint density at radius 1 is 1.13 bits per heavy atom. The van der Waals surface area contributed by atoms with Crippen molar-refractivity contribution in [1.82, 2.24) is 19.6 Å². The van der Waals surface area contributed by atoms with Crippen molar-refractivity contribution < 1.29 is 9.53 Å². The van der Waals surface area contributed by atoms with Gasteiger partial charge in [0.05, 0.1) is 40.7 Å². The summed E-state index contributed by atoms with van der Waals surface area (Å²) in [6.07, 6.45) is 3.28. The van der Waals surface area contributed by atoms with Gasteiger partial charge in [0.2, 0.25) is 0 Å².